The Balaban J connectivity index is 2.18. The van der Waals surface area contributed by atoms with Crippen LogP contribution in [0, 0.1) is 0 Å². The van der Waals surface area contributed by atoms with Gasteiger partial charge in [-0.1, -0.05) is 75.8 Å². The van der Waals surface area contributed by atoms with Gasteiger partial charge in [0.25, 0.3) is 0 Å². The number of amidine groups is 1. The van der Waals surface area contributed by atoms with Crippen molar-refractivity contribution in [2.45, 2.75) is 116 Å². The Morgan fingerprint density at radius 2 is 1.37 bits per heavy atom. The van der Waals surface area contributed by atoms with E-state index in [9.17, 15) is 0 Å². The highest BCUT2D eigenvalue weighted by atomic mass is 16.5. The maximum Gasteiger partial charge on any atom is 0.229 e. The number of hydrogen-bond acceptors (Lipinski definition) is 3. The molecule has 0 aliphatic heterocycles. The van der Waals surface area contributed by atoms with Crippen LogP contribution in [0.25, 0.3) is 0 Å². The number of methoxy groups -OCH3 is 1. The molecule has 35 heavy (non-hydrogen) atoms. The number of aliphatic imine (C=N–C) groups is 2. The van der Waals surface area contributed by atoms with Crippen LogP contribution in [-0.4, -0.2) is 61.5 Å². The Hall–Kier alpha value is -1.98. The van der Waals surface area contributed by atoms with E-state index in [2.05, 4.69) is 63.7 Å². The minimum absolute atomic E-state index is 0.221. The van der Waals surface area contributed by atoms with Crippen LogP contribution in [0.4, 0.5) is 5.69 Å². The summed E-state index contributed by atoms with van der Waals surface area (Å²) in [6, 6.07) is 8.75. The highest BCUT2D eigenvalue weighted by Crippen LogP contribution is 2.43. The maximum absolute atomic E-state index is 5.50. The smallest absolute Gasteiger partial charge is 0.229 e. The molecule has 2 fully saturated rings. The van der Waals surface area contributed by atoms with Crippen LogP contribution in [0.15, 0.2) is 34.3 Å². The van der Waals surface area contributed by atoms with E-state index in [-0.39, 0.29) is 12.1 Å². The van der Waals surface area contributed by atoms with Gasteiger partial charge in [0.05, 0.1) is 18.5 Å². The van der Waals surface area contributed by atoms with Crippen molar-refractivity contribution in [1.29, 1.82) is 0 Å². The van der Waals surface area contributed by atoms with Gasteiger partial charge in [-0.15, -0.1) is 0 Å². The van der Waals surface area contributed by atoms with Gasteiger partial charge in [0, 0.05) is 26.2 Å². The van der Waals surface area contributed by atoms with Crippen LogP contribution >= 0.6 is 0 Å². The molecule has 0 spiro atoms. The van der Waals surface area contributed by atoms with E-state index in [1.54, 1.807) is 7.11 Å². The van der Waals surface area contributed by atoms with Crippen LogP contribution in [0.5, 0.6) is 5.75 Å². The average Bonchev–Trinajstić information content (AvgIpc) is 2.85. The van der Waals surface area contributed by atoms with Crippen molar-refractivity contribution >= 4 is 24.1 Å². The number of ether oxygens (including phenoxy) is 1. The fraction of sp³-hybridized carbons (Fsp3) is 0.724. The molecule has 3 rings (SSSR count). The van der Waals surface area contributed by atoms with Crippen molar-refractivity contribution in [1.82, 2.24) is 9.80 Å². The van der Waals surface area contributed by atoms with Crippen LogP contribution in [0.2, 0.25) is 11.6 Å². The van der Waals surface area contributed by atoms with Crippen molar-refractivity contribution < 1.29 is 4.74 Å². The summed E-state index contributed by atoms with van der Waals surface area (Å²) < 4.78 is 5.43. The monoisotopic (exact) mass is 480 g/mol. The lowest BCUT2D eigenvalue weighted by Crippen LogP contribution is -2.56. The molecule has 0 bridgehead atoms. The molecule has 2 aliphatic rings. The van der Waals surface area contributed by atoms with E-state index in [4.69, 9.17) is 14.7 Å². The van der Waals surface area contributed by atoms with E-state index in [0.717, 1.165) is 17.4 Å². The van der Waals surface area contributed by atoms with Gasteiger partial charge in [-0.05, 0) is 52.0 Å². The number of benzene rings is 1. The largest absolute Gasteiger partial charge is 0.497 e. The minimum atomic E-state index is 0.221. The first kappa shape index (κ1) is 27.6. The first-order valence-corrected chi connectivity index (χ1v) is 14.1. The molecule has 2 saturated carbocycles. The standard InChI is InChI=1S/C29H49BN4O/c1-22(2)31-29(33(5)6)34(23(3)4)28(32-26-18-20-27(35-7)21-19-26)30(24-14-10-8-11-15-24)25-16-12-9-13-17-25/h18-25H,8-17H2,1-7H3. The van der Waals surface area contributed by atoms with Crippen molar-refractivity contribution in [2.24, 2.45) is 9.98 Å². The first-order chi connectivity index (χ1) is 16.8. The topological polar surface area (TPSA) is 40.4 Å². The molecule has 0 unspecified atom stereocenters. The molecule has 194 valence electrons. The van der Waals surface area contributed by atoms with E-state index < -0.39 is 0 Å². The molecule has 0 aromatic heterocycles. The summed E-state index contributed by atoms with van der Waals surface area (Å²) in [6.45, 7) is 9.39. The minimum Gasteiger partial charge on any atom is -0.497 e. The zero-order valence-corrected chi connectivity index (χ0v) is 23.5. The lowest BCUT2D eigenvalue weighted by atomic mass is 9.29. The second-order valence-corrected chi connectivity index (χ2v) is 11.4. The predicted octanol–water partition coefficient (Wildman–Crippen LogP) is 7.46. The summed E-state index contributed by atoms with van der Waals surface area (Å²) in [5.41, 5.74) is 2.24. The van der Waals surface area contributed by atoms with E-state index in [1.807, 2.05) is 12.1 Å². The zero-order chi connectivity index (χ0) is 25.4. The molecule has 6 heteroatoms. The molecular formula is C29H49BN4O. The van der Waals surface area contributed by atoms with Crippen molar-refractivity contribution in [3.05, 3.63) is 24.3 Å². The molecular weight excluding hydrogens is 431 g/mol. The molecule has 0 atom stereocenters. The van der Waals surface area contributed by atoms with Crippen molar-refractivity contribution in [3.8, 4) is 5.75 Å². The third-order valence-electron chi connectivity index (χ3n) is 7.68. The Labute approximate surface area is 215 Å². The quantitative estimate of drug-likeness (QED) is 0.231. The number of nitrogens with zero attached hydrogens (tertiary/aromatic N) is 4. The fourth-order valence-electron chi connectivity index (χ4n) is 6.09. The summed E-state index contributed by atoms with van der Waals surface area (Å²) in [4.78, 5) is 15.3. The van der Waals surface area contributed by atoms with Gasteiger partial charge in [0.2, 0.25) is 12.7 Å². The van der Waals surface area contributed by atoms with E-state index in [1.165, 1.54) is 69.9 Å². The second-order valence-electron chi connectivity index (χ2n) is 11.4. The zero-order valence-electron chi connectivity index (χ0n) is 23.5. The molecule has 0 N–H and O–H groups in total. The lowest BCUT2D eigenvalue weighted by Gasteiger charge is -2.42. The fourth-order valence-corrected chi connectivity index (χ4v) is 6.09. The molecule has 0 heterocycles. The predicted molar refractivity (Wildman–Crippen MR) is 153 cm³/mol. The Morgan fingerprint density at radius 1 is 0.857 bits per heavy atom. The van der Waals surface area contributed by atoms with Gasteiger partial charge in [-0.2, -0.15) is 0 Å². The third-order valence-corrected chi connectivity index (χ3v) is 7.68. The molecule has 0 amide bonds. The summed E-state index contributed by atoms with van der Waals surface area (Å²) in [5.74, 6) is 3.30. The summed E-state index contributed by atoms with van der Waals surface area (Å²) in [6.07, 6.45) is 13.5. The van der Waals surface area contributed by atoms with Gasteiger partial charge in [-0.3, -0.25) is 0 Å². The summed E-state index contributed by atoms with van der Waals surface area (Å²) in [7, 11) is 5.97. The van der Waals surface area contributed by atoms with Crippen LogP contribution in [-0.2, 0) is 0 Å². The van der Waals surface area contributed by atoms with Crippen molar-refractivity contribution in [3.63, 3.8) is 0 Å². The lowest BCUT2D eigenvalue weighted by molar-refractivity contribution is 0.414. The Morgan fingerprint density at radius 3 is 1.77 bits per heavy atom. The van der Waals surface area contributed by atoms with Crippen LogP contribution in [0.3, 0.4) is 0 Å². The maximum atomic E-state index is 5.50. The van der Waals surface area contributed by atoms with Crippen LogP contribution in [0.1, 0.15) is 91.9 Å². The Bertz CT molecular complexity index is 804. The normalized spacial score (nSPS) is 18.8. The summed E-state index contributed by atoms with van der Waals surface area (Å²) in [5, 5.41) is 0. The number of rotatable bonds is 7. The van der Waals surface area contributed by atoms with Gasteiger partial charge in [0.15, 0.2) is 0 Å². The third kappa shape index (κ3) is 7.50. The number of guanidine groups is 1. The number of hydrogen-bond donors (Lipinski definition) is 0. The van der Waals surface area contributed by atoms with E-state index in [0.29, 0.717) is 18.3 Å². The van der Waals surface area contributed by atoms with E-state index >= 15 is 0 Å². The molecule has 0 radical (unpaired) electrons. The molecule has 5 nitrogen and oxygen atoms in total. The first-order valence-electron chi connectivity index (χ1n) is 14.1. The molecule has 0 saturated heterocycles. The average molecular weight is 481 g/mol. The van der Waals surface area contributed by atoms with Gasteiger partial charge >= 0.3 is 0 Å². The summed E-state index contributed by atoms with van der Waals surface area (Å²) >= 11 is 0. The van der Waals surface area contributed by atoms with Gasteiger partial charge in [-0.25, -0.2) is 9.98 Å². The van der Waals surface area contributed by atoms with Gasteiger partial charge < -0.3 is 14.5 Å². The Kier molecular flexibility index (Phi) is 10.5. The van der Waals surface area contributed by atoms with Gasteiger partial charge in [0.1, 0.15) is 5.75 Å². The van der Waals surface area contributed by atoms with Crippen LogP contribution < -0.4 is 4.74 Å². The SMILES string of the molecule is COc1ccc(N=C(B(C2CCCCC2)C2CCCCC2)N(C(=NC(C)C)N(C)C)C(C)C)cc1. The second kappa shape index (κ2) is 13.4. The molecule has 2 aliphatic carbocycles. The molecule has 1 aromatic rings. The highest BCUT2D eigenvalue weighted by molar-refractivity contribution is 6.93. The molecule has 1 aromatic carbocycles. The van der Waals surface area contributed by atoms with Crippen molar-refractivity contribution in [2.75, 3.05) is 21.2 Å². The highest BCUT2D eigenvalue weighted by Gasteiger charge is 2.42.